The van der Waals surface area contributed by atoms with E-state index < -0.39 is 0 Å². The molecule has 0 radical (unpaired) electrons. The number of ether oxygens (including phenoxy) is 1. The van der Waals surface area contributed by atoms with Crippen molar-refractivity contribution in [2.75, 3.05) is 27.2 Å². The van der Waals surface area contributed by atoms with Gasteiger partial charge >= 0.3 is 0 Å². The van der Waals surface area contributed by atoms with Crippen LogP contribution in [0.4, 0.5) is 0 Å². The molecule has 28 heavy (non-hydrogen) atoms. The van der Waals surface area contributed by atoms with Crippen LogP contribution in [0.2, 0.25) is 0 Å². The summed E-state index contributed by atoms with van der Waals surface area (Å²) in [6.07, 6.45) is 4.40. The molecule has 0 bridgehead atoms. The minimum Gasteiger partial charge on any atom is -0.508 e. The molecule has 0 saturated heterocycles. The maximum absolute atomic E-state index is 10.1. The second-order valence-corrected chi connectivity index (χ2v) is 7.10. The molecule has 0 heterocycles. The van der Waals surface area contributed by atoms with E-state index in [4.69, 9.17) is 4.74 Å². The molecule has 0 aliphatic heterocycles. The van der Waals surface area contributed by atoms with E-state index in [2.05, 4.69) is 46.0 Å². The number of hydrogen-bond acceptors (Lipinski definition) is 3. The summed E-state index contributed by atoms with van der Waals surface area (Å²) in [7, 11) is 3.38. The van der Waals surface area contributed by atoms with Crippen molar-refractivity contribution in [3.63, 3.8) is 0 Å². The van der Waals surface area contributed by atoms with Crippen molar-refractivity contribution in [1.82, 2.24) is 10.6 Å². The van der Waals surface area contributed by atoms with Gasteiger partial charge in [0.2, 0.25) is 0 Å². The van der Waals surface area contributed by atoms with Gasteiger partial charge in [-0.1, -0.05) is 42.8 Å². The van der Waals surface area contributed by atoms with Crippen LogP contribution >= 0.6 is 24.0 Å². The molecule has 1 saturated carbocycles. The first-order valence-corrected chi connectivity index (χ1v) is 9.53. The number of nitrogens with one attached hydrogen (secondary N) is 2. The summed E-state index contributed by atoms with van der Waals surface area (Å²) < 4.78 is 5.12. The Hall–Kier alpha value is -1.96. The summed E-state index contributed by atoms with van der Waals surface area (Å²) in [5.41, 5.74) is 2.51. The van der Waals surface area contributed by atoms with Crippen molar-refractivity contribution >= 4 is 29.9 Å². The third-order valence-electron chi connectivity index (χ3n) is 5.49. The van der Waals surface area contributed by atoms with Gasteiger partial charge in [-0.15, -0.1) is 24.0 Å². The van der Waals surface area contributed by atoms with E-state index in [-0.39, 0.29) is 35.1 Å². The highest BCUT2D eigenvalue weighted by Gasteiger charge is 2.38. The third kappa shape index (κ3) is 5.31. The molecule has 0 aromatic heterocycles. The highest BCUT2D eigenvalue weighted by molar-refractivity contribution is 14.0. The lowest BCUT2D eigenvalue weighted by atomic mass is 9.64. The largest absolute Gasteiger partial charge is 0.508 e. The molecule has 2 aromatic rings. The van der Waals surface area contributed by atoms with E-state index in [0.29, 0.717) is 18.7 Å². The lowest BCUT2D eigenvalue weighted by molar-refractivity contribution is 0.244. The van der Waals surface area contributed by atoms with Crippen molar-refractivity contribution in [2.24, 2.45) is 4.99 Å². The molecule has 5 nitrogen and oxygen atoms in total. The molecular formula is C22H30IN3O2. The molecular weight excluding hydrogens is 465 g/mol. The number of aliphatic imine (C=N–C) groups is 1. The van der Waals surface area contributed by atoms with Crippen LogP contribution in [-0.4, -0.2) is 38.3 Å². The molecule has 0 amide bonds. The van der Waals surface area contributed by atoms with E-state index in [0.717, 1.165) is 18.1 Å². The van der Waals surface area contributed by atoms with Gasteiger partial charge in [-0.2, -0.15) is 0 Å². The molecule has 2 aromatic carbocycles. The second-order valence-electron chi connectivity index (χ2n) is 7.10. The number of benzene rings is 2. The summed E-state index contributed by atoms with van der Waals surface area (Å²) >= 11 is 0. The topological polar surface area (TPSA) is 65.9 Å². The summed E-state index contributed by atoms with van der Waals surface area (Å²) in [6, 6.07) is 16.1. The zero-order valence-electron chi connectivity index (χ0n) is 16.6. The third-order valence-corrected chi connectivity index (χ3v) is 5.49. The first-order chi connectivity index (χ1) is 13.2. The predicted octanol–water partition coefficient (Wildman–Crippen LogP) is 3.85. The van der Waals surface area contributed by atoms with E-state index >= 15 is 0 Å². The molecule has 1 aliphatic carbocycles. The minimum absolute atomic E-state index is 0. The van der Waals surface area contributed by atoms with Crippen LogP contribution in [0, 0.1) is 0 Å². The Morgan fingerprint density at radius 2 is 1.89 bits per heavy atom. The van der Waals surface area contributed by atoms with E-state index in [1.165, 1.54) is 24.8 Å². The Bertz CT molecular complexity index is 777. The molecule has 0 spiro atoms. The molecule has 0 unspecified atom stereocenters. The average molecular weight is 495 g/mol. The van der Waals surface area contributed by atoms with Gasteiger partial charge in [0.1, 0.15) is 11.5 Å². The van der Waals surface area contributed by atoms with Crippen LogP contribution in [-0.2, 0) is 11.8 Å². The van der Waals surface area contributed by atoms with Crippen LogP contribution in [0.25, 0.3) is 0 Å². The van der Waals surface area contributed by atoms with Crippen LogP contribution in [0.1, 0.15) is 30.4 Å². The number of methoxy groups -OCH3 is 1. The van der Waals surface area contributed by atoms with Gasteiger partial charge in [0, 0.05) is 31.6 Å². The molecule has 152 valence electrons. The highest BCUT2D eigenvalue weighted by Crippen LogP contribution is 2.43. The number of guanidine groups is 1. The smallest absolute Gasteiger partial charge is 0.191 e. The van der Waals surface area contributed by atoms with Crippen molar-refractivity contribution in [3.05, 3.63) is 59.7 Å². The average Bonchev–Trinajstić information content (AvgIpc) is 2.67. The SMILES string of the molecule is CN=C(NCCc1ccc(OC)cc1O)NCC1(c2ccccc2)CCC1.I. The molecule has 6 heteroatoms. The Labute approximate surface area is 184 Å². The van der Waals surface area contributed by atoms with Crippen LogP contribution in [0.3, 0.4) is 0 Å². The van der Waals surface area contributed by atoms with Crippen LogP contribution in [0.15, 0.2) is 53.5 Å². The quantitative estimate of drug-likeness (QED) is 0.310. The first kappa shape index (κ1) is 22.3. The van der Waals surface area contributed by atoms with Crippen molar-refractivity contribution < 1.29 is 9.84 Å². The predicted molar refractivity (Wildman–Crippen MR) is 125 cm³/mol. The van der Waals surface area contributed by atoms with E-state index in [9.17, 15) is 5.11 Å². The summed E-state index contributed by atoms with van der Waals surface area (Å²) in [4.78, 5) is 4.34. The van der Waals surface area contributed by atoms with Gasteiger partial charge in [0.15, 0.2) is 5.96 Å². The minimum atomic E-state index is 0. The normalized spacial score (nSPS) is 15.1. The number of phenols is 1. The number of halogens is 1. The maximum Gasteiger partial charge on any atom is 0.191 e. The van der Waals surface area contributed by atoms with Crippen molar-refractivity contribution in [2.45, 2.75) is 31.1 Å². The van der Waals surface area contributed by atoms with Gasteiger partial charge in [-0.05, 0) is 36.5 Å². The van der Waals surface area contributed by atoms with E-state index in [1.807, 2.05) is 12.1 Å². The zero-order chi connectivity index (χ0) is 19.1. The second kappa shape index (κ2) is 10.5. The van der Waals surface area contributed by atoms with Gasteiger partial charge in [-0.3, -0.25) is 4.99 Å². The standard InChI is InChI=1S/C22H29N3O2.HI/c1-23-21(24-14-11-17-9-10-19(27-2)15-20(17)26)25-16-22(12-6-13-22)18-7-4-3-5-8-18;/h3-5,7-10,15,26H,6,11-14,16H2,1-2H3,(H2,23,24,25);1H. The lowest BCUT2D eigenvalue weighted by Gasteiger charge is -2.43. The molecule has 3 N–H and O–H groups in total. The Morgan fingerprint density at radius 1 is 1.14 bits per heavy atom. The highest BCUT2D eigenvalue weighted by atomic mass is 127. The van der Waals surface area contributed by atoms with E-state index in [1.54, 1.807) is 20.2 Å². The monoisotopic (exact) mass is 495 g/mol. The number of aromatic hydroxyl groups is 1. The molecule has 1 aliphatic rings. The number of hydrogen-bond donors (Lipinski definition) is 3. The molecule has 0 atom stereocenters. The number of nitrogens with zero attached hydrogens (tertiary/aromatic N) is 1. The van der Waals surface area contributed by atoms with Gasteiger partial charge in [0.25, 0.3) is 0 Å². The summed E-state index contributed by atoms with van der Waals surface area (Å²) in [5.74, 6) is 1.72. The molecule has 3 rings (SSSR count). The number of phenolic OH excluding ortho intramolecular Hbond substituents is 1. The van der Waals surface area contributed by atoms with Crippen LogP contribution < -0.4 is 15.4 Å². The Morgan fingerprint density at radius 3 is 2.46 bits per heavy atom. The maximum atomic E-state index is 10.1. The fraction of sp³-hybridized carbons (Fsp3) is 0.409. The zero-order valence-corrected chi connectivity index (χ0v) is 18.9. The summed E-state index contributed by atoms with van der Waals surface area (Å²) in [5, 5.41) is 16.9. The van der Waals surface area contributed by atoms with Crippen LogP contribution in [0.5, 0.6) is 11.5 Å². The summed E-state index contributed by atoms with van der Waals surface area (Å²) in [6.45, 7) is 1.57. The Balaban J connectivity index is 0.00000280. The fourth-order valence-electron chi connectivity index (χ4n) is 3.63. The van der Waals surface area contributed by atoms with Gasteiger partial charge < -0.3 is 20.5 Å². The number of rotatable bonds is 7. The first-order valence-electron chi connectivity index (χ1n) is 9.53. The molecule has 1 fully saturated rings. The fourth-order valence-corrected chi connectivity index (χ4v) is 3.63. The van der Waals surface area contributed by atoms with Crippen molar-refractivity contribution in [1.29, 1.82) is 0 Å². The lowest BCUT2D eigenvalue weighted by Crippen LogP contribution is -2.49. The van der Waals surface area contributed by atoms with Gasteiger partial charge in [0.05, 0.1) is 7.11 Å². The Kier molecular flexibility index (Phi) is 8.41. The van der Waals surface area contributed by atoms with Crippen molar-refractivity contribution in [3.8, 4) is 11.5 Å². The van der Waals surface area contributed by atoms with Gasteiger partial charge in [-0.25, -0.2) is 0 Å².